The zero-order valence-corrected chi connectivity index (χ0v) is 23.7. The van der Waals surface area contributed by atoms with Gasteiger partial charge in [0.1, 0.15) is 25.2 Å². The molecule has 2 aromatic carbocycles. The number of carbonyl (C=O) groups is 6. The number of alkyl carbamates (subject to hydrolysis) is 1. The molecule has 5 N–H and O–H groups in total. The summed E-state index contributed by atoms with van der Waals surface area (Å²) >= 11 is 0. The predicted octanol–water partition coefficient (Wildman–Crippen LogP) is 0.408. The van der Waals surface area contributed by atoms with E-state index in [1.807, 2.05) is 36.4 Å². The third-order valence-electron chi connectivity index (χ3n) is 5.84. The van der Waals surface area contributed by atoms with Crippen LogP contribution in [0, 0.1) is 0 Å². The van der Waals surface area contributed by atoms with Crippen LogP contribution in [0.25, 0.3) is 0 Å². The van der Waals surface area contributed by atoms with Gasteiger partial charge in [-0.1, -0.05) is 60.7 Å². The van der Waals surface area contributed by atoms with Crippen LogP contribution in [0.4, 0.5) is 4.79 Å². The van der Waals surface area contributed by atoms with Crippen molar-refractivity contribution in [2.45, 2.75) is 39.0 Å². The average Bonchev–Trinajstić information content (AvgIpc) is 2.97. The van der Waals surface area contributed by atoms with Crippen molar-refractivity contribution in [2.75, 3.05) is 20.1 Å². The minimum Gasteiger partial charge on any atom is -0.445 e. The number of carbonyl (C=O) groups excluding carboxylic acids is 6. The summed E-state index contributed by atoms with van der Waals surface area (Å²) < 4.78 is 5.07. The molecule has 0 bridgehead atoms. The highest BCUT2D eigenvalue weighted by Gasteiger charge is 2.24. The number of ether oxygens (including phenoxy) is 1. The highest BCUT2D eigenvalue weighted by atomic mass is 16.5. The second kappa shape index (κ2) is 16.8. The van der Waals surface area contributed by atoms with Crippen LogP contribution < -0.4 is 21.8 Å². The molecular weight excluding hydrogens is 544 g/mol. The number of amides is 6. The van der Waals surface area contributed by atoms with Gasteiger partial charge in [0.2, 0.25) is 17.7 Å². The summed E-state index contributed by atoms with van der Waals surface area (Å²) in [4.78, 5) is 75.2. The Balaban J connectivity index is 1.86. The first-order valence-electron chi connectivity index (χ1n) is 13.1. The number of hydrazine groups is 1. The Bertz CT molecular complexity index is 1270. The topological polar surface area (TPSA) is 180 Å². The van der Waals surface area contributed by atoms with E-state index in [4.69, 9.17) is 10.5 Å². The van der Waals surface area contributed by atoms with Gasteiger partial charge in [0.15, 0.2) is 0 Å². The highest BCUT2D eigenvalue weighted by molar-refractivity contribution is 5.99. The van der Waals surface area contributed by atoms with Crippen molar-refractivity contribution in [3.63, 3.8) is 0 Å². The zero-order chi connectivity index (χ0) is 31.1. The van der Waals surface area contributed by atoms with Crippen molar-refractivity contribution in [1.29, 1.82) is 0 Å². The first-order valence-corrected chi connectivity index (χ1v) is 13.1. The molecule has 13 heteroatoms. The summed E-state index contributed by atoms with van der Waals surface area (Å²) in [6.45, 7) is 2.46. The Labute approximate surface area is 244 Å². The van der Waals surface area contributed by atoms with Crippen molar-refractivity contribution < 1.29 is 33.5 Å². The number of primary amides is 1. The van der Waals surface area contributed by atoms with Crippen molar-refractivity contribution in [3.8, 4) is 0 Å². The van der Waals surface area contributed by atoms with E-state index >= 15 is 0 Å². The van der Waals surface area contributed by atoms with Gasteiger partial charge >= 0.3 is 6.09 Å². The molecule has 224 valence electrons. The molecule has 42 heavy (non-hydrogen) atoms. The molecule has 2 atom stereocenters. The van der Waals surface area contributed by atoms with Gasteiger partial charge < -0.3 is 26.0 Å². The van der Waals surface area contributed by atoms with Crippen LogP contribution >= 0.6 is 0 Å². The molecule has 0 aliphatic carbocycles. The fraction of sp³-hybridized carbons (Fsp3) is 0.310. The summed E-state index contributed by atoms with van der Waals surface area (Å²) in [5, 5.41) is 5.38. The number of nitrogens with one attached hydrogen (secondary N) is 3. The SMILES string of the molecule is C[C@H](NC(=O)OCc1ccccc1)C(=O)N[C@@H](C)C(=O)NN(CC(N)=O)C(=O)/C=C/C(=O)N(C)CCc1ccccc1. The van der Waals surface area contributed by atoms with Crippen molar-refractivity contribution in [2.24, 2.45) is 5.73 Å². The Kier molecular flexibility index (Phi) is 13.2. The van der Waals surface area contributed by atoms with E-state index in [9.17, 15) is 28.8 Å². The maximum Gasteiger partial charge on any atom is 0.408 e. The molecule has 0 aliphatic heterocycles. The molecule has 0 aliphatic rings. The smallest absolute Gasteiger partial charge is 0.408 e. The van der Waals surface area contributed by atoms with Crippen LogP contribution in [-0.4, -0.2) is 77.8 Å². The molecule has 0 radical (unpaired) electrons. The van der Waals surface area contributed by atoms with Crippen molar-refractivity contribution >= 4 is 35.6 Å². The Morgan fingerprint density at radius 2 is 1.36 bits per heavy atom. The molecule has 2 aromatic rings. The van der Waals surface area contributed by atoms with Crippen LogP contribution in [-0.2, 0) is 41.7 Å². The number of likely N-dealkylation sites (N-methyl/N-ethyl adjacent to an activating group) is 1. The molecule has 0 saturated heterocycles. The number of rotatable bonds is 13. The largest absolute Gasteiger partial charge is 0.445 e. The first-order chi connectivity index (χ1) is 20.0. The van der Waals surface area contributed by atoms with Gasteiger partial charge in [0.05, 0.1) is 0 Å². The summed E-state index contributed by atoms with van der Waals surface area (Å²) in [5.41, 5.74) is 9.22. The Hall–Kier alpha value is -5.20. The second-order valence-electron chi connectivity index (χ2n) is 9.35. The average molecular weight is 581 g/mol. The van der Waals surface area contributed by atoms with Crippen LogP contribution in [0.3, 0.4) is 0 Å². The molecule has 0 fully saturated rings. The van der Waals surface area contributed by atoms with Gasteiger partial charge in [-0.3, -0.25) is 29.4 Å². The molecule has 0 unspecified atom stereocenters. The highest BCUT2D eigenvalue weighted by Crippen LogP contribution is 2.02. The zero-order valence-electron chi connectivity index (χ0n) is 23.7. The van der Waals surface area contributed by atoms with Gasteiger partial charge in [-0.05, 0) is 31.4 Å². The lowest BCUT2D eigenvalue weighted by Gasteiger charge is -2.24. The molecule has 6 amide bonds. The maximum absolute atomic E-state index is 12.7. The van der Waals surface area contributed by atoms with Crippen molar-refractivity contribution in [1.82, 2.24) is 26.0 Å². The van der Waals surface area contributed by atoms with Gasteiger partial charge in [0, 0.05) is 25.7 Å². The minimum absolute atomic E-state index is 0.00751. The molecule has 0 saturated carbocycles. The number of hydrogen-bond acceptors (Lipinski definition) is 7. The summed E-state index contributed by atoms with van der Waals surface area (Å²) in [6.07, 6.45) is 1.70. The van der Waals surface area contributed by atoms with E-state index in [0.717, 1.165) is 23.3 Å². The van der Waals surface area contributed by atoms with E-state index in [2.05, 4.69) is 16.1 Å². The molecular formula is C29H36N6O7. The molecule has 0 heterocycles. The summed E-state index contributed by atoms with van der Waals surface area (Å²) in [7, 11) is 1.58. The van der Waals surface area contributed by atoms with E-state index in [1.54, 1.807) is 31.3 Å². The molecule has 0 spiro atoms. The monoisotopic (exact) mass is 580 g/mol. The lowest BCUT2D eigenvalue weighted by atomic mass is 10.1. The second-order valence-corrected chi connectivity index (χ2v) is 9.35. The third-order valence-corrected chi connectivity index (χ3v) is 5.84. The van der Waals surface area contributed by atoms with Gasteiger partial charge in [-0.25, -0.2) is 9.80 Å². The van der Waals surface area contributed by atoms with Crippen LogP contribution in [0.2, 0.25) is 0 Å². The van der Waals surface area contributed by atoms with Gasteiger partial charge in [0.25, 0.3) is 11.8 Å². The molecule has 13 nitrogen and oxygen atoms in total. The number of hydrogen-bond donors (Lipinski definition) is 4. The van der Waals surface area contributed by atoms with Crippen LogP contribution in [0.15, 0.2) is 72.8 Å². The number of benzene rings is 2. The quantitative estimate of drug-likeness (QED) is 0.196. The molecule has 0 aromatic heterocycles. The summed E-state index contributed by atoms with van der Waals surface area (Å²) in [5.74, 6) is -3.83. The van der Waals surface area contributed by atoms with Gasteiger partial charge in [-0.15, -0.1) is 0 Å². The lowest BCUT2D eigenvalue weighted by Crippen LogP contribution is -2.56. The summed E-state index contributed by atoms with van der Waals surface area (Å²) in [6, 6.07) is 16.3. The minimum atomic E-state index is -1.18. The predicted molar refractivity (Wildman–Crippen MR) is 153 cm³/mol. The number of nitrogens with two attached hydrogens (primary N) is 1. The third kappa shape index (κ3) is 11.9. The van der Waals surface area contributed by atoms with E-state index in [1.165, 1.54) is 18.7 Å². The van der Waals surface area contributed by atoms with Crippen molar-refractivity contribution in [3.05, 3.63) is 83.9 Å². The fourth-order valence-electron chi connectivity index (χ4n) is 3.38. The fourth-order valence-corrected chi connectivity index (χ4v) is 3.38. The Morgan fingerprint density at radius 3 is 1.95 bits per heavy atom. The number of nitrogens with zero attached hydrogens (tertiary/aromatic N) is 2. The normalized spacial score (nSPS) is 12.0. The molecule has 2 rings (SSSR count). The van der Waals surface area contributed by atoms with E-state index < -0.39 is 54.3 Å². The van der Waals surface area contributed by atoms with Gasteiger partial charge in [-0.2, -0.15) is 0 Å². The van der Waals surface area contributed by atoms with Crippen LogP contribution in [0.1, 0.15) is 25.0 Å². The van der Waals surface area contributed by atoms with Crippen LogP contribution in [0.5, 0.6) is 0 Å². The maximum atomic E-state index is 12.7. The lowest BCUT2D eigenvalue weighted by molar-refractivity contribution is -0.142. The van der Waals surface area contributed by atoms with E-state index in [0.29, 0.717) is 18.0 Å². The first kappa shape index (κ1) is 33.0. The standard InChI is InChI=1S/C29H36N6O7/c1-20(32-29(41)42-19-23-12-8-5-9-13-23)27(39)31-21(2)28(40)33-35(18-24(30)36)26(38)15-14-25(37)34(3)17-16-22-10-6-4-7-11-22/h4-15,20-21H,16-19H2,1-3H3,(H2,30,36)(H,31,39)(H,32,41)(H,33,40)/b15-14+/t20-,21-/m0/s1. The van der Waals surface area contributed by atoms with E-state index in [-0.39, 0.29) is 6.61 Å². The Morgan fingerprint density at radius 1 is 0.810 bits per heavy atom.